The molecule has 0 saturated carbocycles. The first-order valence-corrected chi connectivity index (χ1v) is 6.64. The number of aromatic nitrogens is 1. The lowest BCUT2D eigenvalue weighted by molar-refractivity contribution is 0.459. The molecule has 0 spiro atoms. The minimum atomic E-state index is 0.478. The van der Waals surface area contributed by atoms with Crippen LogP contribution in [0.25, 0.3) is 0 Å². The van der Waals surface area contributed by atoms with Crippen molar-refractivity contribution >= 4 is 11.6 Å². The Labute approximate surface area is 118 Å². The van der Waals surface area contributed by atoms with Crippen molar-refractivity contribution in [3.05, 3.63) is 52.2 Å². The summed E-state index contributed by atoms with van der Waals surface area (Å²) in [5.74, 6) is 1.30. The number of nitrogens with two attached hydrogens (primary N) is 1. The molecule has 0 aliphatic carbocycles. The molecule has 0 aliphatic rings. The molecule has 0 amide bonds. The number of ether oxygens (including phenoxy) is 1. The lowest BCUT2D eigenvalue weighted by Gasteiger charge is -2.09. The van der Waals surface area contributed by atoms with Crippen LogP contribution in [0.1, 0.15) is 23.7 Å². The van der Waals surface area contributed by atoms with E-state index in [1.54, 1.807) is 0 Å². The molecule has 1 heterocycles. The van der Waals surface area contributed by atoms with E-state index in [0.29, 0.717) is 12.4 Å². The van der Waals surface area contributed by atoms with Gasteiger partial charge in [0, 0.05) is 23.3 Å². The summed E-state index contributed by atoms with van der Waals surface area (Å²) in [4.78, 5) is 4.44. The van der Waals surface area contributed by atoms with E-state index >= 15 is 0 Å². The highest BCUT2D eigenvalue weighted by molar-refractivity contribution is 6.31. The Bertz CT molecular complexity index is 562. The fraction of sp³-hybridized carbons (Fsp3) is 0.267. The molecule has 19 heavy (non-hydrogen) atoms. The van der Waals surface area contributed by atoms with Gasteiger partial charge in [-0.25, -0.2) is 4.98 Å². The van der Waals surface area contributed by atoms with Gasteiger partial charge in [-0.05, 0) is 48.7 Å². The number of nitrogens with zero attached hydrogens (tertiary/aromatic N) is 1. The summed E-state index contributed by atoms with van der Waals surface area (Å²) in [6, 6.07) is 9.41. The van der Waals surface area contributed by atoms with Gasteiger partial charge in [-0.3, -0.25) is 0 Å². The van der Waals surface area contributed by atoms with Crippen molar-refractivity contribution in [2.75, 3.05) is 0 Å². The second-order valence-electron chi connectivity index (χ2n) is 4.38. The fourth-order valence-corrected chi connectivity index (χ4v) is 1.89. The highest BCUT2D eigenvalue weighted by Gasteiger charge is 2.05. The second kappa shape index (κ2) is 6.04. The fourth-order valence-electron chi connectivity index (χ4n) is 1.77. The van der Waals surface area contributed by atoms with Crippen LogP contribution in [0.3, 0.4) is 0 Å². The normalized spacial score (nSPS) is 10.5. The minimum Gasteiger partial charge on any atom is -0.439 e. The van der Waals surface area contributed by atoms with Gasteiger partial charge in [0.25, 0.3) is 0 Å². The maximum atomic E-state index is 5.99. The van der Waals surface area contributed by atoms with Crippen LogP contribution in [0.4, 0.5) is 0 Å². The van der Waals surface area contributed by atoms with Gasteiger partial charge >= 0.3 is 0 Å². The number of hydrogen-bond acceptors (Lipinski definition) is 3. The number of aryl methyl sites for hydroxylation is 2. The molecular weight excluding hydrogens is 260 g/mol. The largest absolute Gasteiger partial charge is 0.439 e. The molecule has 2 N–H and O–H groups in total. The number of rotatable bonds is 4. The molecule has 2 rings (SSSR count). The Morgan fingerprint density at radius 2 is 2.05 bits per heavy atom. The number of halogens is 1. The molecule has 0 radical (unpaired) electrons. The van der Waals surface area contributed by atoms with E-state index in [-0.39, 0.29) is 0 Å². The van der Waals surface area contributed by atoms with Gasteiger partial charge in [-0.15, -0.1) is 0 Å². The zero-order valence-corrected chi connectivity index (χ0v) is 11.9. The topological polar surface area (TPSA) is 48.1 Å². The molecule has 2 aromatic rings. The van der Waals surface area contributed by atoms with Gasteiger partial charge in [-0.2, -0.15) is 0 Å². The second-order valence-corrected chi connectivity index (χ2v) is 4.78. The average molecular weight is 277 g/mol. The predicted molar refractivity (Wildman–Crippen MR) is 77.8 cm³/mol. The summed E-state index contributed by atoms with van der Waals surface area (Å²) in [5.41, 5.74) is 8.65. The molecule has 3 nitrogen and oxygen atoms in total. The number of benzene rings is 1. The van der Waals surface area contributed by atoms with E-state index in [9.17, 15) is 0 Å². The van der Waals surface area contributed by atoms with Crippen molar-refractivity contribution in [3.63, 3.8) is 0 Å². The molecule has 0 saturated heterocycles. The quantitative estimate of drug-likeness (QED) is 0.922. The maximum absolute atomic E-state index is 5.99. The average Bonchev–Trinajstić information content (AvgIpc) is 2.42. The molecule has 0 unspecified atom stereocenters. The maximum Gasteiger partial charge on any atom is 0.219 e. The van der Waals surface area contributed by atoms with Gasteiger partial charge in [0.05, 0.1) is 0 Å². The summed E-state index contributed by atoms with van der Waals surface area (Å²) in [7, 11) is 0. The molecule has 4 heteroatoms. The van der Waals surface area contributed by atoms with Crippen molar-refractivity contribution in [3.8, 4) is 11.6 Å². The molecule has 1 aromatic heterocycles. The van der Waals surface area contributed by atoms with Crippen LogP contribution < -0.4 is 10.5 Å². The van der Waals surface area contributed by atoms with Crippen LogP contribution in [0.2, 0.25) is 5.02 Å². The Hall–Kier alpha value is -1.58. The predicted octanol–water partition coefficient (Wildman–Crippen LogP) is 3.86. The van der Waals surface area contributed by atoms with Crippen molar-refractivity contribution in [1.29, 1.82) is 0 Å². The van der Waals surface area contributed by atoms with Gasteiger partial charge in [0.2, 0.25) is 5.88 Å². The molecule has 100 valence electrons. The van der Waals surface area contributed by atoms with Crippen molar-refractivity contribution in [1.82, 2.24) is 4.98 Å². The van der Waals surface area contributed by atoms with E-state index in [1.165, 1.54) is 0 Å². The summed E-state index contributed by atoms with van der Waals surface area (Å²) in [6.07, 6.45) is 0.851. The Balaban J connectivity index is 2.29. The Kier molecular flexibility index (Phi) is 4.40. The van der Waals surface area contributed by atoms with E-state index in [2.05, 4.69) is 11.9 Å². The molecule has 1 aromatic carbocycles. The first-order valence-electron chi connectivity index (χ1n) is 6.26. The number of hydrogen-bond donors (Lipinski definition) is 1. The van der Waals surface area contributed by atoms with Crippen LogP contribution >= 0.6 is 11.6 Å². The Morgan fingerprint density at radius 3 is 2.68 bits per heavy atom. The number of pyridine rings is 1. The first-order chi connectivity index (χ1) is 9.12. The molecule has 0 bridgehead atoms. The summed E-state index contributed by atoms with van der Waals surface area (Å²) < 4.78 is 5.77. The summed E-state index contributed by atoms with van der Waals surface area (Å²) >= 11 is 5.99. The first kappa shape index (κ1) is 13.8. The Morgan fingerprint density at radius 1 is 1.26 bits per heavy atom. The summed E-state index contributed by atoms with van der Waals surface area (Å²) in [6.45, 7) is 4.47. The lowest BCUT2D eigenvalue weighted by atomic mass is 10.2. The smallest absolute Gasteiger partial charge is 0.219 e. The van der Waals surface area contributed by atoms with E-state index < -0.39 is 0 Å². The highest BCUT2D eigenvalue weighted by Crippen LogP contribution is 2.25. The van der Waals surface area contributed by atoms with Crippen molar-refractivity contribution < 1.29 is 4.74 Å². The molecule has 0 aliphatic heterocycles. The third-order valence-electron chi connectivity index (χ3n) is 2.86. The monoisotopic (exact) mass is 276 g/mol. The zero-order valence-electron chi connectivity index (χ0n) is 11.1. The minimum absolute atomic E-state index is 0.478. The zero-order chi connectivity index (χ0) is 13.8. The van der Waals surface area contributed by atoms with Crippen molar-refractivity contribution in [2.24, 2.45) is 5.73 Å². The van der Waals surface area contributed by atoms with E-state index in [1.807, 2.05) is 37.3 Å². The van der Waals surface area contributed by atoms with Gasteiger partial charge in [-0.1, -0.05) is 18.5 Å². The van der Waals surface area contributed by atoms with Gasteiger partial charge in [0.1, 0.15) is 5.75 Å². The lowest BCUT2D eigenvalue weighted by Crippen LogP contribution is -2.00. The van der Waals surface area contributed by atoms with Crippen molar-refractivity contribution in [2.45, 2.75) is 26.8 Å². The summed E-state index contributed by atoms with van der Waals surface area (Å²) in [5, 5.41) is 0.727. The third-order valence-corrected chi connectivity index (χ3v) is 3.29. The molecule has 0 atom stereocenters. The van der Waals surface area contributed by atoms with Gasteiger partial charge < -0.3 is 10.5 Å². The van der Waals surface area contributed by atoms with Gasteiger partial charge in [0.15, 0.2) is 0 Å². The third kappa shape index (κ3) is 3.46. The van der Waals surface area contributed by atoms with Crippen LogP contribution in [-0.2, 0) is 13.0 Å². The highest BCUT2D eigenvalue weighted by atomic mass is 35.5. The van der Waals surface area contributed by atoms with Crippen LogP contribution in [-0.4, -0.2) is 4.98 Å². The standard InChI is InChI=1S/C15H17ClN2O/c1-3-12-7-11(9-17)8-15(18-12)19-13-4-5-14(16)10(2)6-13/h4-8H,3,9,17H2,1-2H3. The van der Waals surface area contributed by atoms with Crippen LogP contribution in [0, 0.1) is 6.92 Å². The molecule has 0 fully saturated rings. The van der Waals surface area contributed by atoms with Crippen LogP contribution in [0.5, 0.6) is 11.6 Å². The molecular formula is C15H17ClN2O. The van der Waals surface area contributed by atoms with E-state index in [4.69, 9.17) is 22.1 Å². The van der Waals surface area contributed by atoms with Crippen LogP contribution in [0.15, 0.2) is 30.3 Å². The SMILES string of the molecule is CCc1cc(CN)cc(Oc2ccc(Cl)c(C)c2)n1. The van der Waals surface area contributed by atoms with E-state index in [0.717, 1.165) is 34.0 Å².